The average molecular weight is 379 g/mol. The van der Waals surface area contributed by atoms with Crippen LogP contribution in [-0.4, -0.2) is 5.91 Å². The van der Waals surface area contributed by atoms with Gasteiger partial charge in [0.15, 0.2) is 0 Å². The van der Waals surface area contributed by atoms with Gasteiger partial charge >= 0.3 is 0 Å². The summed E-state index contributed by atoms with van der Waals surface area (Å²) < 4.78 is 6.93. The van der Waals surface area contributed by atoms with Gasteiger partial charge in [-0.2, -0.15) is 0 Å². The third kappa shape index (κ3) is 2.26. The fraction of sp³-hybridized carbons (Fsp3) is 0.235. The van der Waals surface area contributed by atoms with E-state index < -0.39 is 0 Å². The standard InChI is InChI=1S/C17H13BrClNO2/c1-9(21)20-8-10-2-3-11(18)6-13(10)16-17(22-16)14-7-12(19)4-5-15(14)20/h2-7,16-17H,8H2,1H3. The summed E-state index contributed by atoms with van der Waals surface area (Å²) in [5.41, 5.74) is 4.12. The Morgan fingerprint density at radius 1 is 1.23 bits per heavy atom. The molecule has 0 aliphatic carbocycles. The van der Waals surface area contributed by atoms with Crippen LogP contribution in [0.5, 0.6) is 0 Å². The molecule has 0 spiro atoms. The van der Waals surface area contributed by atoms with Gasteiger partial charge in [0.1, 0.15) is 12.2 Å². The van der Waals surface area contributed by atoms with Crippen LogP contribution in [0.4, 0.5) is 5.69 Å². The van der Waals surface area contributed by atoms with Crippen molar-refractivity contribution in [2.45, 2.75) is 25.7 Å². The molecule has 2 atom stereocenters. The molecule has 0 saturated carbocycles. The van der Waals surface area contributed by atoms with Crippen molar-refractivity contribution >= 4 is 39.1 Å². The molecule has 3 nitrogen and oxygen atoms in total. The van der Waals surface area contributed by atoms with E-state index in [-0.39, 0.29) is 18.1 Å². The molecule has 0 bridgehead atoms. The van der Waals surface area contributed by atoms with Crippen molar-refractivity contribution in [2.24, 2.45) is 0 Å². The topological polar surface area (TPSA) is 32.8 Å². The van der Waals surface area contributed by atoms with E-state index in [0.29, 0.717) is 11.6 Å². The molecule has 0 radical (unpaired) electrons. The molecule has 2 heterocycles. The van der Waals surface area contributed by atoms with E-state index in [1.807, 2.05) is 24.3 Å². The van der Waals surface area contributed by atoms with Crippen LogP contribution in [0.25, 0.3) is 0 Å². The number of epoxide rings is 1. The number of nitrogens with zero attached hydrogens (tertiary/aromatic N) is 1. The summed E-state index contributed by atoms with van der Waals surface area (Å²) in [6, 6.07) is 11.8. The van der Waals surface area contributed by atoms with Crippen LogP contribution < -0.4 is 4.90 Å². The van der Waals surface area contributed by atoms with Gasteiger partial charge in [0.05, 0.1) is 12.2 Å². The summed E-state index contributed by atoms with van der Waals surface area (Å²) in [5.74, 6) is 0.0107. The number of fused-ring (bicyclic) bond motifs is 5. The van der Waals surface area contributed by atoms with E-state index in [0.717, 1.165) is 26.9 Å². The Labute approximate surface area is 142 Å². The smallest absolute Gasteiger partial charge is 0.224 e. The number of amides is 1. The number of carbonyl (C=O) groups excluding carboxylic acids is 1. The maximum atomic E-state index is 12.2. The molecule has 2 unspecified atom stereocenters. The highest BCUT2D eigenvalue weighted by Gasteiger charge is 2.46. The molecular weight excluding hydrogens is 366 g/mol. The third-order valence-corrected chi connectivity index (χ3v) is 4.93. The zero-order valence-corrected chi connectivity index (χ0v) is 14.2. The fourth-order valence-electron chi connectivity index (χ4n) is 3.10. The zero-order valence-electron chi connectivity index (χ0n) is 11.8. The van der Waals surface area contributed by atoms with E-state index in [1.54, 1.807) is 11.8 Å². The maximum Gasteiger partial charge on any atom is 0.224 e. The quantitative estimate of drug-likeness (QED) is 0.618. The predicted octanol–water partition coefficient (Wildman–Crippen LogP) is 4.78. The third-order valence-electron chi connectivity index (χ3n) is 4.20. The van der Waals surface area contributed by atoms with Crippen LogP contribution in [0, 0.1) is 0 Å². The van der Waals surface area contributed by atoms with Gasteiger partial charge in [-0.3, -0.25) is 4.79 Å². The summed E-state index contributed by atoms with van der Waals surface area (Å²) in [4.78, 5) is 13.9. The molecule has 4 rings (SSSR count). The second-order valence-corrected chi connectivity index (χ2v) is 6.98. The number of carbonyl (C=O) groups is 1. The minimum Gasteiger partial charge on any atom is -0.359 e. The van der Waals surface area contributed by atoms with Gasteiger partial charge in [0.25, 0.3) is 0 Å². The number of benzene rings is 2. The molecule has 2 aromatic rings. The molecule has 0 N–H and O–H groups in total. The highest BCUT2D eigenvalue weighted by atomic mass is 79.9. The Balaban J connectivity index is 1.90. The zero-order chi connectivity index (χ0) is 15.4. The van der Waals surface area contributed by atoms with E-state index in [2.05, 4.69) is 28.1 Å². The van der Waals surface area contributed by atoms with E-state index >= 15 is 0 Å². The highest BCUT2D eigenvalue weighted by Crippen LogP contribution is 2.56. The SMILES string of the molecule is CC(=O)N1Cc2ccc(Br)cc2C2OC2c2cc(Cl)ccc21. The van der Waals surface area contributed by atoms with Crippen molar-refractivity contribution < 1.29 is 9.53 Å². The van der Waals surface area contributed by atoms with Gasteiger partial charge in [-0.25, -0.2) is 0 Å². The lowest BCUT2D eigenvalue weighted by molar-refractivity contribution is -0.116. The lowest BCUT2D eigenvalue weighted by Crippen LogP contribution is -2.30. The van der Waals surface area contributed by atoms with Gasteiger partial charge in [-0.05, 0) is 41.5 Å². The first-order valence-electron chi connectivity index (χ1n) is 7.06. The van der Waals surface area contributed by atoms with Crippen LogP contribution in [0.1, 0.15) is 35.8 Å². The normalized spacial score (nSPS) is 22.0. The van der Waals surface area contributed by atoms with Gasteiger partial charge in [0, 0.05) is 22.0 Å². The predicted molar refractivity (Wildman–Crippen MR) is 89.0 cm³/mol. The number of rotatable bonds is 0. The fourth-order valence-corrected chi connectivity index (χ4v) is 3.65. The number of hydrogen-bond donors (Lipinski definition) is 0. The molecule has 0 aromatic heterocycles. The minimum absolute atomic E-state index is 0.0107. The van der Waals surface area contributed by atoms with E-state index in [4.69, 9.17) is 16.3 Å². The second-order valence-electron chi connectivity index (χ2n) is 5.63. The second kappa shape index (κ2) is 5.08. The molecular formula is C17H13BrClNO2. The van der Waals surface area contributed by atoms with Crippen LogP contribution in [0.2, 0.25) is 5.02 Å². The molecule has 5 heteroatoms. The number of hydrogen-bond acceptors (Lipinski definition) is 2. The summed E-state index contributed by atoms with van der Waals surface area (Å²) >= 11 is 9.65. The van der Waals surface area contributed by atoms with Gasteiger partial charge in [0.2, 0.25) is 5.91 Å². The maximum absolute atomic E-state index is 12.2. The molecule has 112 valence electrons. The Kier molecular flexibility index (Phi) is 3.29. The number of anilines is 1. The molecule has 1 amide bonds. The molecule has 2 aliphatic heterocycles. The number of ether oxygens (including phenoxy) is 1. The molecule has 1 fully saturated rings. The number of halogens is 2. The first kappa shape index (κ1) is 14.2. The Hall–Kier alpha value is -1.36. The van der Waals surface area contributed by atoms with Crippen molar-refractivity contribution in [3.63, 3.8) is 0 Å². The molecule has 1 saturated heterocycles. The van der Waals surface area contributed by atoms with E-state index in [1.165, 1.54) is 0 Å². The summed E-state index contributed by atoms with van der Waals surface area (Å²) in [5, 5.41) is 0.659. The van der Waals surface area contributed by atoms with Crippen molar-refractivity contribution in [2.75, 3.05) is 4.90 Å². The first-order valence-corrected chi connectivity index (χ1v) is 8.23. The summed E-state index contributed by atoms with van der Waals surface area (Å²) in [7, 11) is 0. The van der Waals surface area contributed by atoms with Crippen LogP contribution >= 0.6 is 27.5 Å². The Morgan fingerprint density at radius 2 is 2.00 bits per heavy atom. The molecule has 2 aromatic carbocycles. The Morgan fingerprint density at radius 3 is 2.77 bits per heavy atom. The van der Waals surface area contributed by atoms with Gasteiger partial charge < -0.3 is 9.64 Å². The lowest BCUT2D eigenvalue weighted by atomic mass is 9.95. The average Bonchev–Trinajstić information content (AvgIpc) is 3.24. The first-order chi connectivity index (χ1) is 10.5. The van der Waals surface area contributed by atoms with Gasteiger partial charge in [-0.1, -0.05) is 33.6 Å². The van der Waals surface area contributed by atoms with Crippen LogP contribution in [-0.2, 0) is 16.1 Å². The van der Waals surface area contributed by atoms with Crippen LogP contribution in [0.3, 0.4) is 0 Å². The molecule has 22 heavy (non-hydrogen) atoms. The summed E-state index contributed by atoms with van der Waals surface area (Å²) in [6.45, 7) is 2.13. The van der Waals surface area contributed by atoms with Crippen LogP contribution in [0.15, 0.2) is 40.9 Å². The van der Waals surface area contributed by atoms with Crippen molar-refractivity contribution in [1.29, 1.82) is 0 Å². The van der Waals surface area contributed by atoms with Gasteiger partial charge in [-0.15, -0.1) is 0 Å². The minimum atomic E-state index is -0.0381. The monoisotopic (exact) mass is 377 g/mol. The lowest BCUT2D eigenvalue weighted by Gasteiger charge is -2.26. The largest absolute Gasteiger partial charge is 0.359 e. The van der Waals surface area contributed by atoms with Crippen molar-refractivity contribution in [3.05, 3.63) is 62.6 Å². The van der Waals surface area contributed by atoms with E-state index in [9.17, 15) is 4.79 Å². The molecule has 2 aliphatic rings. The highest BCUT2D eigenvalue weighted by molar-refractivity contribution is 9.10. The Bertz CT molecular complexity index is 792. The van der Waals surface area contributed by atoms with Crippen molar-refractivity contribution in [3.8, 4) is 0 Å². The van der Waals surface area contributed by atoms with Crippen molar-refractivity contribution in [1.82, 2.24) is 0 Å². The summed E-state index contributed by atoms with van der Waals surface area (Å²) in [6.07, 6.45) is 0.00252.